The summed E-state index contributed by atoms with van der Waals surface area (Å²) in [4.78, 5) is 3.92. The van der Waals surface area contributed by atoms with Gasteiger partial charge < -0.3 is 5.32 Å². The zero-order valence-corrected chi connectivity index (χ0v) is 17.9. The van der Waals surface area contributed by atoms with Crippen LogP contribution in [0.1, 0.15) is 32.3 Å². The van der Waals surface area contributed by atoms with Crippen molar-refractivity contribution < 1.29 is 0 Å². The fourth-order valence-corrected chi connectivity index (χ4v) is 2.82. The Morgan fingerprint density at radius 3 is 2.15 bits per heavy atom. The number of hydrogen-bond acceptors (Lipinski definition) is 2. The lowest BCUT2D eigenvalue weighted by Gasteiger charge is -2.11. The Labute approximate surface area is 173 Å². The molecule has 0 amide bonds. The molecule has 0 unspecified atom stereocenters. The van der Waals surface area contributed by atoms with E-state index in [1.807, 2.05) is 56.4 Å². The second-order valence-corrected chi connectivity index (χ2v) is 7.05. The molecule has 0 spiro atoms. The molecule has 1 N–H and O–H groups in total. The highest BCUT2D eigenvalue weighted by atomic mass is 35.5. The molecule has 1 aromatic rings. The summed E-state index contributed by atoms with van der Waals surface area (Å²) in [6, 6.07) is 5.47. The molecule has 4 heteroatoms. The Hall–Kier alpha value is -2.03. The van der Waals surface area contributed by atoms with Crippen LogP contribution in [0.5, 0.6) is 0 Å². The van der Waals surface area contributed by atoms with E-state index in [-0.39, 0.29) is 0 Å². The molecule has 2 rings (SSSR count). The van der Waals surface area contributed by atoms with Crippen molar-refractivity contribution in [3.05, 3.63) is 88.2 Å². The molecule has 0 atom stereocenters. The summed E-state index contributed by atoms with van der Waals surface area (Å²) in [5.74, 6) is 1.56. The van der Waals surface area contributed by atoms with Crippen LogP contribution in [0.25, 0.3) is 5.57 Å². The van der Waals surface area contributed by atoms with E-state index in [9.17, 15) is 0 Å². The lowest BCUT2D eigenvalue weighted by atomic mass is 9.99. The van der Waals surface area contributed by atoms with Gasteiger partial charge in [0.25, 0.3) is 0 Å². The first-order chi connectivity index (χ1) is 12.9. The second kappa shape index (κ2) is 11.6. The van der Waals surface area contributed by atoms with Gasteiger partial charge in [-0.2, -0.15) is 0 Å². The largest absolute Gasteiger partial charge is 0.373 e. The van der Waals surface area contributed by atoms with Crippen molar-refractivity contribution in [2.24, 2.45) is 10.9 Å². The quantitative estimate of drug-likeness (QED) is 0.290. The fraction of sp³-hybridized carbons (Fsp3) is 0.261. The molecule has 1 saturated carbocycles. The summed E-state index contributed by atoms with van der Waals surface area (Å²) in [6.45, 7) is 15.0. The third kappa shape index (κ3) is 7.62. The maximum Gasteiger partial charge on any atom is 0.125 e. The van der Waals surface area contributed by atoms with Crippen molar-refractivity contribution in [2.75, 3.05) is 7.05 Å². The highest BCUT2D eigenvalue weighted by Gasteiger charge is 2.15. The number of allylic oxidation sites excluding steroid dienone is 7. The van der Waals surface area contributed by atoms with E-state index in [4.69, 9.17) is 23.2 Å². The molecular formula is C23H28Cl2N2. The molecule has 0 heterocycles. The molecule has 2 nitrogen and oxygen atoms in total. The minimum atomic E-state index is 0.609. The minimum absolute atomic E-state index is 0.609. The molecule has 0 aromatic heterocycles. The highest BCUT2D eigenvalue weighted by Crippen LogP contribution is 2.33. The van der Waals surface area contributed by atoms with E-state index in [0.717, 1.165) is 28.2 Å². The Morgan fingerprint density at radius 2 is 1.81 bits per heavy atom. The predicted octanol–water partition coefficient (Wildman–Crippen LogP) is 7.24. The summed E-state index contributed by atoms with van der Waals surface area (Å²) in [7, 11) is 1.79. The molecule has 27 heavy (non-hydrogen) atoms. The van der Waals surface area contributed by atoms with Crippen molar-refractivity contribution in [1.29, 1.82) is 0 Å². The molecule has 1 aliphatic carbocycles. The van der Waals surface area contributed by atoms with Crippen LogP contribution in [0.4, 0.5) is 0 Å². The topological polar surface area (TPSA) is 24.4 Å². The van der Waals surface area contributed by atoms with Gasteiger partial charge in [0, 0.05) is 22.7 Å². The van der Waals surface area contributed by atoms with Gasteiger partial charge in [0.1, 0.15) is 5.82 Å². The SMILES string of the molecule is C=CC1CC1.C=N\C(=C/C(=C/C(=C\C)c1c(Cl)cccc1Cl)C(=C)C)NC. The lowest BCUT2D eigenvalue weighted by molar-refractivity contribution is 0.967. The van der Waals surface area contributed by atoms with Gasteiger partial charge >= 0.3 is 0 Å². The van der Waals surface area contributed by atoms with Crippen molar-refractivity contribution >= 4 is 35.5 Å². The standard InChI is InChI=1S/C18H20Cl2N2.C5H8/c1-6-13(18-15(19)8-7-9-16(18)20)10-14(12(2)3)11-17(21-4)22-5;1-2-5-3-4-5/h6-11,22H,2,4H2,1,3,5H3;2,5H,1,3-4H2/b13-6+,14-10-,17-11+;. The van der Waals surface area contributed by atoms with Gasteiger partial charge in [-0.05, 0) is 74.8 Å². The molecule has 0 radical (unpaired) electrons. The average Bonchev–Trinajstić information content (AvgIpc) is 3.48. The maximum absolute atomic E-state index is 6.29. The molecule has 1 aliphatic rings. The van der Waals surface area contributed by atoms with Crippen LogP contribution in [-0.2, 0) is 0 Å². The van der Waals surface area contributed by atoms with Gasteiger partial charge in [-0.3, -0.25) is 0 Å². The van der Waals surface area contributed by atoms with E-state index < -0.39 is 0 Å². The highest BCUT2D eigenvalue weighted by molar-refractivity contribution is 6.37. The number of aliphatic imine (C=N–C) groups is 1. The van der Waals surface area contributed by atoms with Crippen LogP contribution >= 0.6 is 23.2 Å². The van der Waals surface area contributed by atoms with Crippen LogP contribution in [-0.4, -0.2) is 13.8 Å². The first-order valence-electron chi connectivity index (χ1n) is 8.84. The molecule has 0 aliphatic heterocycles. The van der Waals surface area contributed by atoms with E-state index in [1.165, 1.54) is 12.8 Å². The van der Waals surface area contributed by atoms with E-state index in [1.54, 1.807) is 7.05 Å². The molecule has 0 bridgehead atoms. The number of benzene rings is 1. The van der Waals surface area contributed by atoms with Crippen LogP contribution in [0.15, 0.2) is 77.6 Å². The maximum atomic E-state index is 6.29. The monoisotopic (exact) mass is 402 g/mol. The summed E-state index contributed by atoms with van der Waals surface area (Å²) >= 11 is 12.6. The number of hydrogen-bond donors (Lipinski definition) is 1. The van der Waals surface area contributed by atoms with Crippen LogP contribution in [0, 0.1) is 5.92 Å². The Morgan fingerprint density at radius 1 is 1.22 bits per heavy atom. The van der Waals surface area contributed by atoms with Crippen LogP contribution in [0.3, 0.4) is 0 Å². The third-order valence-electron chi connectivity index (χ3n) is 4.04. The first kappa shape index (κ1) is 23.0. The normalized spacial score (nSPS) is 14.8. The first-order valence-corrected chi connectivity index (χ1v) is 9.60. The van der Waals surface area contributed by atoms with Crippen molar-refractivity contribution in [2.45, 2.75) is 26.7 Å². The summed E-state index contributed by atoms with van der Waals surface area (Å²) in [5.41, 5.74) is 3.54. The predicted molar refractivity (Wildman–Crippen MR) is 123 cm³/mol. The Kier molecular flexibility index (Phi) is 9.92. The average molecular weight is 403 g/mol. The van der Waals surface area contributed by atoms with Gasteiger partial charge in [0.05, 0.1) is 0 Å². The van der Waals surface area contributed by atoms with Gasteiger partial charge in [-0.1, -0.05) is 53.6 Å². The zero-order chi connectivity index (χ0) is 20.4. The van der Waals surface area contributed by atoms with Gasteiger partial charge in [0.2, 0.25) is 0 Å². The van der Waals surface area contributed by atoms with Gasteiger partial charge in [0.15, 0.2) is 0 Å². The molecular weight excluding hydrogens is 375 g/mol. The van der Waals surface area contributed by atoms with E-state index >= 15 is 0 Å². The summed E-state index contributed by atoms with van der Waals surface area (Å²) in [6.07, 6.45) is 10.6. The van der Waals surface area contributed by atoms with Crippen molar-refractivity contribution in [3.8, 4) is 0 Å². The van der Waals surface area contributed by atoms with Gasteiger partial charge in [-0.25, -0.2) is 4.99 Å². The molecule has 144 valence electrons. The second-order valence-electron chi connectivity index (χ2n) is 6.23. The third-order valence-corrected chi connectivity index (χ3v) is 4.67. The summed E-state index contributed by atoms with van der Waals surface area (Å²) < 4.78 is 0. The number of nitrogens with zero attached hydrogens (tertiary/aromatic N) is 1. The van der Waals surface area contributed by atoms with Crippen molar-refractivity contribution in [3.63, 3.8) is 0 Å². The Balaban J connectivity index is 0.000000625. The molecule has 1 aromatic carbocycles. The zero-order valence-electron chi connectivity index (χ0n) is 16.4. The smallest absolute Gasteiger partial charge is 0.125 e. The fourth-order valence-electron chi connectivity index (χ4n) is 2.21. The minimum Gasteiger partial charge on any atom is -0.373 e. The molecule has 1 fully saturated rings. The lowest BCUT2D eigenvalue weighted by Crippen LogP contribution is -2.03. The van der Waals surface area contributed by atoms with Crippen molar-refractivity contribution in [1.82, 2.24) is 5.32 Å². The van der Waals surface area contributed by atoms with Crippen LogP contribution in [0.2, 0.25) is 10.0 Å². The van der Waals surface area contributed by atoms with E-state index in [2.05, 4.69) is 30.2 Å². The van der Waals surface area contributed by atoms with Crippen LogP contribution < -0.4 is 5.32 Å². The van der Waals surface area contributed by atoms with Gasteiger partial charge in [-0.15, -0.1) is 6.58 Å². The number of nitrogens with one attached hydrogen (secondary N) is 1. The Bertz CT molecular complexity index is 761. The molecule has 0 saturated heterocycles. The summed E-state index contributed by atoms with van der Waals surface area (Å²) in [5, 5.41) is 4.19. The van der Waals surface area contributed by atoms with E-state index in [0.29, 0.717) is 15.9 Å². The number of rotatable bonds is 7. The number of halogens is 2.